The van der Waals surface area contributed by atoms with Crippen molar-refractivity contribution in [2.24, 2.45) is 0 Å². The molecule has 0 amide bonds. The molecule has 20 heavy (non-hydrogen) atoms. The number of ether oxygens (including phenoxy) is 1. The molecule has 0 spiro atoms. The van der Waals surface area contributed by atoms with Crippen LogP contribution in [0.1, 0.15) is 16.1 Å². The monoisotopic (exact) mass is 273 g/mol. The first-order valence-electron chi connectivity index (χ1n) is 5.68. The van der Waals surface area contributed by atoms with Gasteiger partial charge in [0.1, 0.15) is 6.20 Å². The van der Waals surface area contributed by atoms with Crippen molar-refractivity contribution in [3.63, 3.8) is 0 Å². The number of hydrogen-bond donors (Lipinski definition) is 0. The zero-order valence-electron chi connectivity index (χ0n) is 10.9. The van der Waals surface area contributed by atoms with Crippen molar-refractivity contribution in [3.8, 4) is 11.3 Å². The first-order valence-corrected chi connectivity index (χ1v) is 5.68. The number of aromatic nitrogens is 2. The molecule has 0 aliphatic rings. The molecule has 0 aromatic carbocycles. The molecule has 7 heteroatoms. The topological polar surface area (TPSA) is 95.2 Å². The third-order valence-electron chi connectivity index (χ3n) is 2.74. The van der Waals surface area contributed by atoms with Gasteiger partial charge >= 0.3 is 5.97 Å². The third-order valence-corrected chi connectivity index (χ3v) is 2.74. The van der Waals surface area contributed by atoms with Crippen LogP contribution in [0.4, 0.5) is 5.69 Å². The van der Waals surface area contributed by atoms with E-state index in [9.17, 15) is 14.9 Å². The van der Waals surface area contributed by atoms with Crippen LogP contribution >= 0.6 is 0 Å². The number of methoxy groups -OCH3 is 1. The standard InChI is InChI=1S/C13H11N3O4/c1-8-11(5-10(7-14-8)16(18)19)12-4-3-9(6-15-12)13(17)20-2/h3-7H,1-2H3. The van der Waals surface area contributed by atoms with E-state index in [-0.39, 0.29) is 5.69 Å². The fourth-order valence-corrected chi connectivity index (χ4v) is 1.67. The number of rotatable bonds is 3. The molecule has 0 radical (unpaired) electrons. The second-order valence-electron chi connectivity index (χ2n) is 4.01. The maximum atomic E-state index is 11.3. The molecule has 0 N–H and O–H groups in total. The van der Waals surface area contributed by atoms with Crippen molar-refractivity contribution in [2.45, 2.75) is 6.92 Å². The Labute approximate surface area is 114 Å². The van der Waals surface area contributed by atoms with Crippen LogP contribution in [-0.2, 0) is 4.74 Å². The summed E-state index contributed by atoms with van der Waals surface area (Å²) in [5.74, 6) is -0.488. The third kappa shape index (κ3) is 2.61. The Morgan fingerprint density at radius 2 is 2.05 bits per heavy atom. The Morgan fingerprint density at radius 3 is 2.60 bits per heavy atom. The number of esters is 1. The minimum absolute atomic E-state index is 0.107. The predicted octanol–water partition coefficient (Wildman–Crippen LogP) is 2.15. The molecule has 0 bridgehead atoms. The average Bonchev–Trinajstić information content (AvgIpc) is 2.47. The summed E-state index contributed by atoms with van der Waals surface area (Å²) in [6.07, 6.45) is 2.56. The molecule has 2 rings (SSSR count). The number of nitrogens with zero attached hydrogens (tertiary/aromatic N) is 3. The number of nitro groups is 1. The van der Waals surface area contributed by atoms with E-state index in [0.717, 1.165) is 0 Å². The van der Waals surface area contributed by atoms with Gasteiger partial charge in [-0.3, -0.25) is 20.1 Å². The lowest BCUT2D eigenvalue weighted by Gasteiger charge is -2.05. The first-order chi connectivity index (χ1) is 9.52. The predicted molar refractivity (Wildman–Crippen MR) is 70.2 cm³/mol. The van der Waals surface area contributed by atoms with E-state index in [1.54, 1.807) is 19.1 Å². The highest BCUT2D eigenvalue weighted by Gasteiger charge is 2.13. The molecule has 0 fully saturated rings. The van der Waals surface area contributed by atoms with Gasteiger partial charge in [-0.2, -0.15) is 0 Å². The first kappa shape index (κ1) is 13.6. The Kier molecular flexibility index (Phi) is 3.69. The molecule has 2 heterocycles. The Bertz CT molecular complexity index is 668. The molecule has 102 valence electrons. The Morgan fingerprint density at radius 1 is 1.30 bits per heavy atom. The summed E-state index contributed by atoms with van der Waals surface area (Å²) in [6, 6.07) is 4.55. The van der Waals surface area contributed by atoms with Gasteiger partial charge in [0.2, 0.25) is 0 Å². The van der Waals surface area contributed by atoms with Crippen molar-refractivity contribution >= 4 is 11.7 Å². The lowest BCUT2D eigenvalue weighted by Crippen LogP contribution is -2.02. The summed E-state index contributed by atoms with van der Waals surface area (Å²) < 4.78 is 4.58. The van der Waals surface area contributed by atoms with Crippen LogP contribution in [0.25, 0.3) is 11.3 Å². The molecule has 0 atom stereocenters. The maximum Gasteiger partial charge on any atom is 0.339 e. The SMILES string of the molecule is COC(=O)c1ccc(-c2cc([N+](=O)[O-])cnc2C)nc1. The van der Waals surface area contributed by atoms with Gasteiger partial charge in [-0.1, -0.05) is 0 Å². The van der Waals surface area contributed by atoms with E-state index >= 15 is 0 Å². The van der Waals surface area contributed by atoms with Crippen LogP contribution in [-0.4, -0.2) is 28.0 Å². The fraction of sp³-hybridized carbons (Fsp3) is 0.154. The van der Waals surface area contributed by atoms with Crippen LogP contribution in [0.15, 0.2) is 30.6 Å². The zero-order chi connectivity index (χ0) is 14.7. The zero-order valence-corrected chi connectivity index (χ0v) is 10.9. The molecular weight excluding hydrogens is 262 g/mol. The number of aryl methyl sites for hydroxylation is 1. The minimum atomic E-state index is -0.515. The quantitative estimate of drug-likeness (QED) is 0.483. The van der Waals surface area contributed by atoms with Gasteiger partial charge < -0.3 is 4.74 Å². The van der Waals surface area contributed by atoms with Crippen LogP contribution in [0.5, 0.6) is 0 Å². The summed E-state index contributed by atoms with van der Waals surface area (Å²) in [4.78, 5) is 29.6. The second-order valence-corrected chi connectivity index (χ2v) is 4.01. The summed E-state index contributed by atoms with van der Waals surface area (Å²) in [7, 11) is 1.28. The van der Waals surface area contributed by atoms with Crippen molar-refractivity contribution in [1.82, 2.24) is 9.97 Å². The summed E-state index contributed by atoms with van der Waals surface area (Å²) in [5.41, 5.74) is 1.88. The normalized spacial score (nSPS) is 10.1. The van der Waals surface area contributed by atoms with Gasteiger partial charge in [0.05, 0.1) is 23.3 Å². The van der Waals surface area contributed by atoms with Crippen LogP contribution in [0.2, 0.25) is 0 Å². The summed E-state index contributed by atoms with van der Waals surface area (Å²) in [5, 5.41) is 10.8. The largest absolute Gasteiger partial charge is 0.465 e. The Balaban J connectivity index is 2.43. The average molecular weight is 273 g/mol. The highest BCUT2D eigenvalue weighted by Crippen LogP contribution is 2.24. The molecule has 2 aromatic rings. The van der Waals surface area contributed by atoms with Crippen molar-refractivity contribution in [1.29, 1.82) is 0 Å². The molecule has 2 aromatic heterocycles. The number of carbonyl (C=O) groups is 1. The maximum absolute atomic E-state index is 11.3. The van der Waals surface area contributed by atoms with Gasteiger partial charge in [0.15, 0.2) is 0 Å². The van der Waals surface area contributed by atoms with Crippen LogP contribution in [0, 0.1) is 17.0 Å². The molecular formula is C13H11N3O4. The molecule has 0 saturated carbocycles. The van der Waals surface area contributed by atoms with E-state index in [2.05, 4.69) is 14.7 Å². The lowest BCUT2D eigenvalue weighted by atomic mass is 10.1. The van der Waals surface area contributed by atoms with E-state index in [4.69, 9.17) is 0 Å². The van der Waals surface area contributed by atoms with Gasteiger partial charge in [-0.25, -0.2) is 4.79 Å². The summed E-state index contributed by atoms with van der Waals surface area (Å²) >= 11 is 0. The van der Waals surface area contributed by atoms with Crippen molar-refractivity contribution in [3.05, 3.63) is 52.0 Å². The van der Waals surface area contributed by atoms with Crippen molar-refractivity contribution < 1.29 is 14.5 Å². The van der Waals surface area contributed by atoms with Gasteiger partial charge in [0.25, 0.3) is 5.69 Å². The van der Waals surface area contributed by atoms with Gasteiger partial charge in [-0.05, 0) is 19.1 Å². The molecule has 0 aliphatic heterocycles. The molecule has 0 unspecified atom stereocenters. The van der Waals surface area contributed by atoms with E-state index < -0.39 is 10.9 Å². The minimum Gasteiger partial charge on any atom is -0.465 e. The van der Waals surface area contributed by atoms with Crippen LogP contribution < -0.4 is 0 Å². The Hall–Kier alpha value is -2.83. The van der Waals surface area contributed by atoms with Crippen molar-refractivity contribution in [2.75, 3.05) is 7.11 Å². The molecule has 0 aliphatic carbocycles. The number of carbonyl (C=O) groups excluding carboxylic acids is 1. The van der Waals surface area contributed by atoms with Gasteiger partial charge in [-0.15, -0.1) is 0 Å². The van der Waals surface area contributed by atoms with E-state index in [1.165, 1.54) is 25.6 Å². The van der Waals surface area contributed by atoms with E-state index in [1.807, 2.05) is 0 Å². The van der Waals surface area contributed by atoms with E-state index in [0.29, 0.717) is 22.5 Å². The lowest BCUT2D eigenvalue weighted by molar-refractivity contribution is -0.385. The smallest absolute Gasteiger partial charge is 0.339 e. The highest BCUT2D eigenvalue weighted by molar-refractivity contribution is 5.89. The van der Waals surface area contributed by atoms with Crippen LogP contribution in [0.3, 0.4) is 0 Å². The molecule has 0 saturated heterocycles. The highest BCUT2D eigenvalue weighted by atomic mass is 16.6. The number of pyridine rings is 2. The molecule has 7 nitrogen and oxygen atoms in total. The summed E-state index contributed by atoms with van der Waals surface area (Å²) in [6.45, 7) is 1.73. The fourth-order valence-electron chi connectivity index (χ4n) is 1.67. The van der Waals surface area contributed by atoms with Gasteiger partial charge in [0, 0.05) is 23.5 Å². The number of hydrogen-bond acceptors (Lipinski definition) is 6. The second kappa shape index (κ2) is 5.43.